The summed E-state index contributed by atoms with van der Waals surface area (Å²) in [4.78, 5) is 22.7. The van der Waals surface area contributed by atoms with Crippen molar-refractivity contribution in [1.82, 2.24) is 10.2 Å². The largest absolute Gasteiger partial charge is 0.504 e. The number of amides is 1. The lowest BCUT2D eigenvalue weighted by Crippen LogP contribution is -2.15. The van der Waals surface area contributed by atoms with Gasteiger partial charge in [0.1, 0.15) is 0 Å². The van der Waals surface area contributed by atoms with Crippen molar-refractivity contribution >= 4 is 11.7 Å². The maximum absolute atomic E-state index is 11.9. The van der Waals surface area contributed by atoms with Crippen LogP contribution in [0.2, 0.25) is 0 Å². The van der Waals surface area contributed by atoms with Gasteiger partial charge in [-0.2, -0.15) is 5.10 Å². The summed E-state index contributed by atoms with van der Waals surface area (Å²) in [6, 6.07) is 6.87. The number of phenolic OH excluding ortho intramolecular Hbond substituents is 1. The molecule has 0 aliphatic carbocycles. The summed E-state index contributed by atoms with van der Waals surface area (Å²) in [5.74, 6) is -0.110. The minimum Gasteiger partial charge on any atom is -0.504 e. The van der Waals surface area contributed by atoms with Gasteiger partial charge >= 0.3 is 0 Å². The van der Waals surface area contributed by atoms with Crippen molar-refractivity contribution < 1.29 is 14.6 Å². The minimum absolute atomic E-state index is 0.135. The van der Waals surface area contributed by atoms with Gasteiger partial charge in [0, 0.05) is 11.6 Å². The second-order valence-corrected chi connectivity index (χ2v) is 3.65. The molecular weight excluding hydrogens is 250 g/mol. The van der Waals surface area contributed by atoms with Crippen LogP contribution in [0, 0.1) is 0 Å². The number of aromatic nitrogens is 2. The van der Waals surface area contributed by atoms with E-state index in [1.807, 2.05) is 0 Å². The minimum atomic E-state index is -0.461. The van der Waals surface area contributed by atoms with Gasteiger partial charge in [0.15, 0.2) is 17.3 Å². The average molecular weight is 261 g/mol. The topological polar surface area (TPSA) is 104 Å². The second-order valence-electron chi connectivity index (χ2n) is 3.65. The van der Waals surface area contributed by atoms with Crippen LogP contribution in [-0.4, -0.2) is 28.3 Å². The molecule has 1 heterocycles. The molecule has 7 heteroatoms. The molecule has 98 valence electrons. The third-order valence-corrected chi connectivity index (χ3v) is 2.36. The van der Waals surface area contributed by atoms with Crippen molar-refractivity contribution in [2.45, 2.75) is 0 Å². The number of methoxy groups -OCH3 is 1. The van der Waals surface area contributed by atoms with Crippen LogP contribution in [0.3, 0.4) is 0 Å². The smallest absolute Gasteiger partial charge is 0.264 e. The highest BCUT2D eigenvalue weighted by Crippen LogP contribution is 2.26. The third kappa shape index (κ3) is 2.89. The van der Waals surface area contributed by atoms with Crippen LogP contribution >= 0.6 is 0 Å². The number of aromatic hydroxyl groups is 1. The van der Waals surface area contributed by atoms with Crippen molar-refractivity contribution in [1.29, 1.82) is 0 Å². The number of H-pyrrole nitrogens is 1. The SMILES string of the molecule is COc1ccc(C(=O)Nc2ccc(=O)[nH]n2)cc1O. The van der Waals surface area contributed by atoms with Crippen molar-refractivity contribution in [2.24, 2.45) is 0 Å². The quantitative estimate of drug-likeness (QED) is 0.755. The zero-order valence-electron chi connectivity index (χ0n) is 10.0. The van der Waals surface area contributed by atoms with E-state index in [2.05, 4.69) is 15.5 Å². The van der Waals surface area contributed by atoms with Gasteiger partial charge in [0.25, 0.3) is 11.5 Å². The molecule has 0 atom stereocenters. The molecule has 0 fully saturated rings. The number of benzene rings is 1. The first-order valence-corrected chi connectivity index (χ1v) is 5.34. The first kappa shape index (κ1) is 12.6. The van der Waals surface area contributed by atoms with Gasteiger partial charge in [-0.15, -0.1) is 0 Å². The molecule has 1 aromatic heterocycles. The van der Waals surface area contributed by atoms with Crippen molar-refractivity contribution in [3.05, 3.63) is 46.2 Å². The van der Waals surface area contributed by atoms with Gasteiger partial charge in [-0.25, -0.2) is 5.10 Å². The molecule has 0 spiro atoms. The molecule has 1 amide bonds. The Morgan fingerprint density at radius 3 is 2.74 bits per heavy atom. The Kier molecular flexibility index (Phi) is 3.46. The predicted molar refractivity (Wildman–Crippen MR) is 67.5 cm³/mol. The molecule has 2 aromatic rings. The number of nitrogens with zero attached hydrogens (tertiary/aromatic N) is 1. The van der Waals surface area contributed by atoms with E-state index < -0.39 is 5.91 Å². The van der Waals surface area contributed by atoms with Crippen molar-refractivity contribution in [3.8, 4) is 11.5 Å². The lowest BCUT2D eigenvalue weighted by Gasteiger charge is -2.06. The number of hydrogen-bond donors (Lipinski definition) is 3. The summed E-state index contributed by atoms with van der Waals surface area (Å²) < 4.78 is 4.88. The monoisotopic (exact) mass is 261 g/mol. The predicted octanol–water partition coefficient (Wildman–Crippen LogP) is 0.736. The van der Waals surface area contributed by atoms with Crippen LogP contribution in [-0.2, 0) is 0 Å². The maximum atomic E-state index is 11.9. The number of carbonyl (C=O) groups excluding carboxylic acids is 1. The molecular formula is C12H11N3O4. The van der Waals surface area contributed by atoms with E-state index in [-0.39, 0.29) is 28.4 Å². The molecule has 0 radical (unpaired) electrons. The Hall–Kier alpha value is -2.83. The lowest BCUT2D eigenvalue weighted by atomic mass is 10.2. The molecule has 0 unspecified atom stereocenters. The number of anilines is 1. The Morgan fingerprint density at radius 2 is 2.16 bits per heavy atom. The second kappa shape index (κ2) is 5.21. The van der Waals surface area contributed by atoms with E-state index in [1.54, 1.807) is 0 Å². The highest BCUT2D eigenvalue weighted by Gasteiger charge is 2.10. The van der Waals surface area contributed by atoms with Gasteiger partial charge in [-0.05, 0) is 24.3 Å². The highest BCUT2D eigenvalue weighted by molar-refractivity contribution is 6.04. The van der Waals surface area contributed by atoms with E-state index in [9.17, 15) is 14.7 Å². The molecule has 0 bridgehead atoms. The van der Waals surface area contributed by atoms with E-state index in [0.717, 1.165) is 0 Å². The summed E-state index contributed by atoms with van der Waals surface area (Å²) >= 11 is 0. The Bertz CT molecular complexity index is 646. The highest BCUT2D eigenvalue weighted by atomic mass is 16.5. The number of rotatable bonds is 3. The Balaban J connectivity index is 2.18. The lowest BCUT2D eigenvalue weighted by molar-refractivity contribution is 0.102. The normalized spacial score (nSPS) is 9.95. The maximum Gasteiger partial charge on any atom is 0.264 e. The molecule has 19 heavy (non-hydrogen) atoms. The van der Waals surface area contributed by atoms with E-state index in [4.69, 9.17) is 4.74 Å². The Morgan fingerprint density at radius 1 is 1.37 bits per heavy atom. The molecule has 3 N–H and O–H groups in total. The summed E-state index contributed by atoms with van der Waals surface area (Å²) in [5.41, 5.74) is -0.119. The number of aromatic amines is 1. The summed E-state index contributed by atoms with van der Waals surface area (Å²) in [6.07, 6.45) is 0. The standard InChI is InChI=1S/C12H11N3O4/c1-19-9-3-2-7(6-8(9)16)12(18)13-10-4-5-11(17)15-14-10/h2-6,16H,1H3,(H,15,17)(H,13,14,18). The average Bonchev–Trinajstić information content (AvgIpc) is 2.41. The van der Waals surface area contributed by atoms with Gasteiger partial charge in [0.2, 0.25) is 0 Å². The van der Waals surface area contributed by atoms with E-state index >= 15 is 0 Å². The first-order chi connectivity index (χ1) is 9.10. The molecule has 7 nitrogen and oxygen atoms in total. The van der Waals surface area contributed by atoms with Crippen LogP contribution in [0.15, 0.2) is 35.1 Å². The van der Waals surface area contributed by atoms with E-state index in [1.165, 1.54) is 37.4 Å². The van der Waals surface area contributed by atoms with Gasteiger partial charge in [-0.3, -0.25) is 9.59 Å². The summed E-state index contributed by atoms with van der Waals surface area (Å²) in [7, 11) is 1.42. The van der Waals surface area contributed by atoms with Crippen LogP contribution < -0.4 is 15.6 Å². The first-order valence-electron chi connectivity index (χ1n) is 5.34. The number of hydrogen-bond acceptors (Lipinski definition) is 5. The van der Waals surface area contributed by atoms with Crippen LogP contribution in [0.5, 0.6) is 11.5 Å². The van der Waals surface area contributed by atoms with Gasteiger partial charge in [0.05, 0.1) is 7.11 Å². The summed E-state index contributed by atoms with van der Waals surface area (Å²) in [5, 5.41) is 17.9. The summed E-state index contributed by atoms with van der Waals surface area (Å²) in [6.45, 7) is 0. The van der Waals surface area contributed by atoms with Gasteiger partial charge in [-0.1, -0.05) is 0 Å². The van der Waals surface area contributed by atoms with Crippen LogP contribution in [0.1, 0.15) is 10.4 Å². The fourth-order valence-electron chi connectivity index (χ4n) is 1.43. The van der Waals surface area contributed by atoms with Crippen molar-refractivity contribution in [2.75, 3.05) is 12.4 Å². The molecule has 0 aliphatic heterocycles. The van der Waals surface area contributed by atoms with Gasteiger partial charge < -0.3 is 15.2 Å². The van der Waals surface area contributed by atoms with Crippen LogP contribution in [0.4, 0.5) is 5.82 Å². The Labute approximate surface area is 107 Å². The van der Waals surface area contributed by atoms with E-state index in [0.29, 0.717) is 0 Å². The third-order valence-electron chi connectivity index (χ3n) is 2.36. The zero-order chi connectivity index (χ0) is 13.8. The van der Waals surface area contributed by atoms with Crippen molar-refractivity contribution in [3.63, 3.8) is 0 Å². The van der Waals surface area contributed by atoms with Crippen LogP contribution in [0.25, 0.3) is 0 Å². The number of ether oxygens (including phenoxy) is 1. The molecule has 1 aromatic carbocycles. The molecule has 0 saturated heterocycles. The molecule has 0 aliphatic rings. The molecule has 0 saturated carbocycles. The molecule has 2 rings (SSSR count). The number of carbonyl (C=O) groups is 1. The fourth-order valence-corrected chi connectivity index (χ4v) is 1.43. The zero-order valence-corrected chi connectivity index (χ0v) is 10.0. The number of phenols is 1. The fraction of sp³-hybridized carbons (Fsp3) is 0.0833. The number of nitrogens with one attached hydrogen (secondary N) is 2.